The van der Waals surface area contributed by atoms with Crippen LogP contribution >= 0.6 is 0 Å². The van der Waals surface area contributed by atoms with Crippen LogP contribution in [0.25, 0.3) is 11.0 Å². The molecular weight excluding hydrogens is 398 g/mol. The summed E-state index contributed by atoms with van der Waals surface area (Å²) >= 11 is 0. The molecule has 3 rings (SSSR count). The van der Waals surface area contributed by atoms with Gasteiger partial charge in [0.25, 0.3) is 5.91 Å². The van der Waals surface area contributed by atoms with E-state index in [1.54, 1.807) is 44.6 Å². The van der Waals surface area contributed by atoms with Crippen LogP contribution in [0.1, 0.15) is 34.2 Å². The number of aromatic nitrogens is 2. The third-order valence-electron chi connectivity index (χ3n) is 4.88. The van der Waals surface area contributed by atoms with E-state index in [9.17, 15) is 9.59 Å². The van der Waals surface area contributed by atoms with E-state index in [4.69, 9.17) is 14.2 Å². The van der Waals surface area contributed by atoms with Crippen LogP contribution in [0.2, 0.25) is 0 Å². The Hall–Kier alpha value is -3.68. The van der Waals surface area contributed by atoms with Gasteiger partial charge in [-0.25, -0.2) is 14.8 Å². The molecule has 31 heavy (non-hydrogen) atoms. The molecule has 0 bridgehead atoms. The number of ether oxygens (including phenoxy) is 3. The highest BCUT2D eigenvalue weighted by atomic mass is 16.5. The maximum absolute atomic E-state index is 12.5. The van der Waals surface area contributed by atoms with Crippen molar-refractivity contribution in [3.8, 4) is 11.5 Å². The summed E-state index contributed by atoms with van der Waals surface area (Å²) in [5.41, 5.74) is 4.06. The average molecular weight is 423 g/mol. The topological polar surface area (TPSA) is 99.6 Å². The molecular formula is C23H25N3O5. The summed E-state index contributed by atoms with van der Waals surface area (Å²) in [4.78, 5) is 33.8. The minimum Gasteiger partial charge on any atom is -0.493 e. The van der Waals surface area contributed by atoms with Crippen LogP contribution in [-0.4, -0.2) is 42.2 Å². The molecule has 0 unspecified atom stereocenters. The molecule has 2 aromatic carbocycles. The van der Waals surface area contributed by atoms with Gasteiger partial charge in [-0.05, 0) is 56.7 Å². The number of amides is 1. The summed E-state index contributed by atoms with van der Waals surface area (Å²) in [7, 11) is 3.10. The number of esters is 1. The third kappa shape index (κ3) is 5.09. The Morgan fingerprint density at radius 1 is 0.935 bits per heavy atom. The molecule has 0 saturated carbocycles. The highest BCUT2D eigenvalue weighted by Crippen LogP contribution is 2.27. The third-order valence-corrected chi connectivity index (χ3v) is 4.88. The van der Waals surface area contributed by atoms with Gasteiger partial charge >= 0.3 is 5.97 Å². The maximum atomic E-state index is 12.5. The Balaban J connectivity index is 1.62. The van der Waals surface area contributed by atoms with Gasteiger partial charge in [0.1, 0.15) is 0 Å². The van der Waals surface area contributed by atoms with Gasteiger partial charge < -0.3 is 19.5 Å². The molecule has 1 atom stereocenters. The van der Waals surface area contributed by atoms with Gasteiger partial charge in [0, 0.05) is 6.54 Å². The van der Waals surface area contributed by atoms with Gasteiger partial charge in [0.05, 0.1) is 42.2 Å². The molecule has 1 N–H and O–H groups in total. The van der Waals surface area contributed by atoms with E-state index in [-0.39, 0.29) is 6.54 Å². The lowest BCUT2D eigenvalue weighted by molar-refractivity contribution is -0.129. The van der Waals surface area contributed by atoms with Crippen molar-refractivity contribution >= 4 is 22.9 Å². The molecule has 3 aromatic rings. The minimum atomic E-state index is -0.964. The average Bonchev–Trinajstić information content (AvgIpc) is 2.77. The smallest absolute Gasteiger partial charge is 0.338 e. The molecule has 0 fully saturated rings. The SMILES string of the molecule is COc1ccc(CNC(=O)[C@@H](C)OC(=O)c2ccc3nc(C)c(C)nc3c2)cc1OC. The Labute approximate surface area is 180 Å². The molecule has 0 spiro atoms. The summed E-state index contributed by atoms with van der Waals surface area (Å²) < 4.78 is 15.8. The molecule has 1 heterocycles. The second-order valence-electron chi connectivity index (χ2n) is 7.05. The maximum Gasteiger partial charge on any atom is 0.338 e. The number of carbonyl (C=O) groups is 2. The van der Waals surface area contributed by atoms with E-state index in [0.717, 1.165) is 17.0 Å². The first-order valence-corrected chi connectivity index (χ1v) is 9.77. The van der Waals surface area contributed by atoms with Crippen molar-refractivity contribution in [3.63, 3.8) is 0 Å². The fraction of sp³-hybridized carbons (Fsp3) is 0.304. The molecule has 0 aliphatic heterocycles. The number of methoxy groups -OCH3 is 2. The number of benzene rings is 2. The summed E-state index contributed by atoms with van der Waals surface area (Å²) in [6.45, 7) is 5.52. The zero-order chi connectivity index (χ0) is 22.5. The number of rotatable bonds is 7. The fourth-order valence-electron chi connectivity index (χ4n) is 2.96. The number of nitrogens with one attached hydrogen (secondary N) is 1. The van der Waals surface area contributed by atoms with Crippen LogP contribution in [0.3, 0.4) is 0 Å². The van der Waals surface area contributed by atoms with Crippen molar-refractivity contribution in [3.05, 3.63) is 58.9 Å². The van der Waals surface area contributed by atoms with Crippen LogP contribution in [0.15, 0.2) is 36.4 Å². The largest absolute Gasteiger partial charge is 0.493 e. The van der Waals surface area contributed by atoms with E-state index in [1.165, 1.54) is 6.92 Å². The predicted molar refractivity (Wildman–Crippen MR) is 115 cm³/mol. The number of aryl methyl sites for hydroxylation is 2. The molecule has 0 aliphatic carbocycles. The van der Waals surface area contributed by atoms with Gasteiger partial charge in [0.2, 0.25) is 0 Å². The first-order chi connectivity index (χ1) is 14.8. The zero-order valence-corrected chi connectivity index (χ0v) is 18.2. The summed E-state index contributed by atoms with van der Waals surface area (Å²) in [5.74, 6) is 0.162. The second-order valence-corrected chi connectivity index (χ2v) is 7.05. The summed E-state index contributed by atoms with van der Waals surface area (Å²) in [5, 5.41) is 2.75. The highest BCUT2D eigenvalue weighted by Gasteiger charge is 2.19. The summed E-state index contributed by atoms with van der Waals surface area (Å²) in [6.07, 6.45) is -0.964. The highest BCUT2D eigenvalue weighted by molar-refractivity contribution is 5.95. The Morgan fingerprint density at radius 3 is 2.29 bits per heavy atom. The van der Waals surface area contributed by atoms with Crippen molar-refractivity contribution in [2.24, 2.45) is 0 Å². The lowest BCUT2D eigenvalue weighted by atomic mass is 10.2. The van der Waals surface area contributed by atoms with Gasteiger partial charge in [-0.2, -0.15) is 0 Å². The molecule has 162 valence electrons. The van der Waals surface area contributed by atoms with Crippen molar-refractivity contribution in [2.75, 3.05) is 14.2 Å². The van der Waals surface area contributed by atoms with Gasteiger partial charge in [-0.15, -0.1) is 0 Å². The van der Waals surface area contributed by atoms with Crippen LogP contribution in [0, 0.1) is 13.8 Å². The number of hydrogen-bond donors (Lipinski definition) is 1. The molecule has 8 nitrogen and oxygen atoms in total. The van der Waals surface area contributed by atoms with Crippen LogP contribution in [0.5, 0.6) is 11.5 Å². The van der Waals surface area contributed by atoms with Gasteiger partial charge in [0.15, 0.2) is 17.6 Å². The summed E-state index contributed by atoms with van der Waals surface area (Å²) in [6, 6.07) is 10.3. The molecule has 0 saturated heterocycles. The standard InChI is InChI=1S/C23H25N3O5/c1-13-14(2)26-19-11-17(7-8-18(19)25-13)23(28)31-15(3)22(27)24-12-16-6-9-20(29-4)21(10-16)30-5/h6-11,15H,12H2,1-5H3,(H,24,27)/t15-/m1/s1. The Kier molecular flexibility index (Phi) is 6.69. The van der Waals surface area contributed by atoms with E-state index in [0.29, 0.717) is 28.1 Å². The number of hydrogen-bond acceptors (Lipinski definition) is 7. The lowest BCUT2D eigenvalue weighted by Crippen LogP contribution is -2.35. The molecule has 1 aromatic heterocycles. The minimum absolute atomic E-state index is 0.255. The molecule has 8 heteroatoms. The zero-order valence-electron chi connectivity index (χ0n) is 18.2. The van der Waals surface area contributed by atoms with Crippen molar-refractivity contribution < 1.29 is 23.8 Å². The first-order valence-electron chi connectivity index (χ1n) is 9.77. The van der Waals surface area contributed by atoms with Crippen molar-refractivity contribution in [1.29, 1.82) is 0 Å². The molecule has 0 radical (unpaired) electrons. The van der Waals surface area contributed by atoms with Crippen molar-refractivity contribution in [2.45, 2.75) is 33.4 Å². The van der Waals surface area contributed by atoms with Crippen LogP contribution in [0.4, 0.5) is 0 Å². The van der Waals surface area contributed by atoms with Gasteiger partial charge in [-0.1, -0.05) is 6.07 Å². The Morgan fingerprint density at radius 2 is 1.61 bits per heavy atom. The van der Waals surface area contributed by atoms with E-state index < -0.39 is 18.0 Å². The second kappa shape index (κ2) is 9.42. The normalized spacial score (nSPS) is 11.6. The molecule has 1 amide bonds. The fourth-order valence-corrected chi connectivity index (χ4v) is 2.96. The van der Waals surface area contributed by atoms with E-state index >= 15 is 0 Å². The monoisotopic (exact) mass is 423 g/mol. The number of fused-ring (bicyclic) bond motifs is 1. The van der Waals surface area contributed by atoms with Crippen LogP contribution < -0.4 is 14.8 Å². The first kappa shape index (κ1) is 22.0. The van der Waals surface area contributed by atoms with Crippen LogP contribution in [-0.2, 0) is 16.1 Å². The number of nitrogens with zero attached hydrogens (tertiary/aromatic N) is 2. The van der Waals surface area contributed by atoms with E-state index in [1.807, 2.05) is 19.9 Å². The predicted octanol–water partition coefficient (Wildman–Crippen LogP) is 3.13. The van der Waals surface area contributed by atoms with E-state index in [2.05, 4.69) is 15.3 Å². The molecule has 0 aliphatic rings. The van der Waals surface area contributed by atoms with Crippen molar-refractivity contribution in [1.82, 2.24) is 15.3 Å². The Bertz CT molecular complexity index is 1130. The number of carbonyl (C=O) groups excluding carboxylic acids is 2. The quantitative estimate of drug-likeness (QED) is 0.583. The lowest BCUT2D eigenvalue weighted by Gasteiger charge is -2.14. The van der Waals surface area contributed by atoms with Gasteiger partial charge in [-0.3, -0.25) is 4.79 Å².